The Hall–Kier alpha value is -1.56. The molecule has 0 saturated heterocycles. The van der Waals surface area contributed by atoms with E-state index in [0.717, 1.165) is 0 Å². The van der Waals surface area contributed by atoms with E-state index in [1.165, 1.54) is 16.7 Å². The summed E-state index contributed by atoms with van der Waals surface area (Å²) in [4.78, 5) is 0. The van der Waals surface area contributed by atoms with Gasteiger partial charge in [-0.2, -0.15) is 0 Å². The standard InChI is InChI=1S/C17H22.2C2H6/c1-6-8-9-15(7-2)17(4,5)16-12-10-14(3)11-13-16;2*1-2/h6-13H,2H2,1,3-5H3;2*1-2H3/b8-6+,15-9+;;. The molecule has 0 N–H and O–H groups in total. The molecular weight excluding hydrogens is 252 g/mol. The zero-order valence-electron chi connectivity index (χ0n) is 15.3. The van der Waals surface area contributed by atoms with Crippen molar-refractivity contribution in [2.75, 3.05) is 0 Å². The van der Waals surface area contributed by atoms with Gasteiger partial charge >= 0.3 is 0 Å². The van der Waals surface area contributed by atoms with E-state index < -0.39 is 0 Å². The number of hydrogen-bond acceptors (Lipinski definition) is 0. The van der Waals surface area contributed by atoms with Crippen LogP contribution < -0.4 is 0 Å². The molecule has 0 heterocycles. The highest BCUT2D eigenvalue weighted by molar-refractivity contribution is 5.41. The lowest BCUT2D eigenvalue weighted by Crippen LogP contribution is -2.19. The van der Waals surface area contributed by atoms with E-state index in [1.807, 2.05) is 46.8 Å². The molecule has 0 radical (unpaired) electrons. The van der Waals surface area contributed by atoms with Crippen LogP contribution in [-0.2, 0) is 5.41 Å². The topological polar surface area (TPSA) is 0 Å². The Labute approximate surface area is 133 Å². The number of aryl methyl sites for hydroxylation is 1. The minimum Gasteiger partial charge on any atom is -0.0988 e. The van der Waals surface area contributed by atoms with E-state index in [9.17, 15) is 0 Å². The third-order valence-corrected chi connectivity index (χ3v) is 3.18. The summed E-state index contributed by atoms with van der Waals surface area (Å²) < 4.78 is 0. The van der Waals surface area contributed by atoms with Crippen LogP contribution in [0.5, 0.6) is 0 Å². The summed E-state index contributed by atoms with van der Waals surface area (Å²) in [6, 6.07) is 8.71. The summed E-state index contributed by atoms with van der Waals surface area (Å²) in [5.74, 6) is 0. The molecule has 0 bridgehead atoms. The average molecular weight is 287 g/mol. The summed E-state index contributed by atoms with van der Waals surface area (Å²) in [5, 5.41) is 0. The van der Waals surface area contributed by atoms with Crippen LogP contribution in [0.15, 0.2) is 60.7 Å². The molecule has 0 aliphatic rings. The molecule has 1 aromatic carbocycles. The van der Waals surface area contributed by atoms with Crippen molar-refractivity contribution in [2.24, 2.45) is 0 Å². The van der Waals surface area contributed by atoms with Crippen molar-refractivity contribution in [2.45, 2.75) is 60.8 Å². The van der Waals surface area contributed by atoms with E-state index in [2.05, 4.69) is 63.8 Å². The second-order valence-electron chi connectivity index (χ2n) is 4.84. The molecular formula is C21H34. The molecule has 0 unspecified atom stereocenters. The third kappa shape index (κ3) is 7.13. The maximum absolute atomic E-state index is 3.92. The van der Waals surface area contributed by atoms with E-state index in [-0.39, 0.29) is 5.41 Å². The predicted molar refractivity (Wildman–Crippen MR) is 100.0 cm³/mol. The average Bonchev–Trinajstić information content (AvgIpc) is 2.52. The molecule has 0 saturated carbocycles. The zero-order valence-corrected chi connectivity index (χ0v) is 15.3. The van der Waals surface area contributed by atoms with Gasteiger partial charge in [-0.3, -0.25) is 0 Å². The fraction of sp³-hybridized carbons (Fsp3) is 0.429. The first kappa shape index (κ1) is 21.7. The first-order chi connectivity index (χ1) is 10.0. The maximum Gasteiger partial charge on any atom is 0.0146 e. The van der Waals surface area contributed by atoms with Crippen molar-refractivity contribution in [3.8, 4) is 0 Å². The Morgan fingerprint density at radius 2 is 1.48 bits per heavy atom. The van der Waals surface area contributed by atoms with Gasteiger partial charge in [-0.1, -0.05) is 102 Å². The first-order valence-electron chi connectivity index (χ1n) is 8.05. The largest absolute Gasteiger partial charge is 0.0988 e. The Bertz CT molecular complexity index is 428. The first-order valence-corrected chi connectivity index (χ1v) is 8.05. The van der Waals surface area contributed by atoms with Crippen LogP contribution in [0.3, 0.4) is 0 Å². The SMILES string of the molecule is C=C/C(=C\C=C\C)C(C)(C)c1ccc(C)cc1.CC.CC. The molecule has 0 amide bonds. The van der Waals surface area contributed by atoms with Gasteiger partial charge in [-0.05, 0) is 25.0 Å². The highest BCUT2D eigenvalue weighted by Gasteiger charge is 2.22. The van der Waals surface area contributed by atoms with Crippen molar-refractivity contribution in [1.29, 1.82) is 0 Å². The fourth-order valence-corrected chi connectivity index (χ4v) is 1.87. The molecule has 21 heavy (non-hydrogen) atoms. The summed E-state index contributed by atoms with van der Waals surface area (Å²) in [6.45, 7) is 20.5. The van der Waals surface area contributed by atoms with Gasteiger partial charge in [0.15, 0.2) is 0 Å². The number of benzene rings is 1. The molecule has 0 nitrogen and oxygen atoms in total. The van der Waals surface area contributed by atoms with Crippen LogP contribution in [0, 0.1) is 6.92 Å². The second-order valence-corrected chi connectivity index (χ2v) is 4.84. The van der Waals surface area contributed by atoms with Gasteiger partial charge < -0.3 is 0 Å². The van der Waals surface area contributed by atoms with E-state index in [1.54, 1.807) is 0 Å². The van der Waals surface area contributed by atoms with Gasteiger partial charge in [0.05, 0.1) is 0 Å². The van der Waals surface area contributed by atoms with Crippen LogP contribution in [0.25, 0.3) is 0 Å². The minimum atomic E-state index is -0.00500. The van der Waals surface area contributed by atoms with Gasteiger partial charge in [0, 0.05) is 5.41 Å². The normalized spacial score (nSPS) is 11.1. The van der Waals surface area contributed by atoms with Crippen molar-refractivity contribution in [3.63, 3.8) is 0 Å². The van der Waals surface area contributed by atoms with Crippen LogP contribution in [0.4, 0.5) is 0 Å². The molecule has 1 rings (SSSR count). The van der Waals surface area contributed by atoms with Crippen molar-refractivity contribution < 1.29 is 0 Å². The molecule has 0 aliphatic heterocycles. The van der Waals surface area contributed by atoms with Crippen LogP contribution in [0.1, 0.15) is 59.6 Å². The minimum absolute atomic E-state index is 0.00500. The van der Waals surface area contributed by atoms with E-state index >= 15 is 0 Å². The zero-order chi connectivity index (χ0) is 16.9. The smallest absolute Gasteiger partial charge is 0.0146 e. The molecule has 118 valence electrons. The second kappa shape index (κ2) is 12.2. The summed E-state index contributed by atoms with van der Waals surface area (Å²) in [7, 11) is 0. The van der Waals surface area contributed by atoms with Gasteiger partial charge in [-0.25, -0.2) is 0 Å². The lowest BCUT2D eigenvalue weighted by atomic mass is 9.77. The van der Waals surface area contributed by atoms with E-state index in [0.29, 0.717) is 0 Å². The van der Waals surface area contributed by atoms with Crippen molar-refractivity contribution >= 4 is 0 Å². The highest BCUT2D eigenvalue weighted by atomic mass is 14.3. The van der Waals surface area contributed by atoms with Gasteiger partial charge in [0.2, 0.25) is 0 Å². The summed E-state index contributed by atoms with van der Waals surface area (Å²) in [5.41, 5.74) is 3.84. The van der Waals surface area contributed by atoms with Crippen molar-refractivity contribution in [3.05, 3.63) is 71.8 Å². The molecule has 0 heteroatoms. The molecule has 0 fully saturated rings. The van der Waals surface area contributed by atoms with Gasteiger partial charge in [0.1, 0.15) is 0 Å². The highest BCUT2D eigenvalue weighted by Crippen LogP contribution is 2.32. The van der Waals surface area contributed by atoms with Crippen LogP contribution >= 0.6 is 0 Å². The Balaban J connectivity index is 0. The van der Waals surface area contributed by atoms with Gasteiger partial charge in [0.25, 0.3) is 0 Å². The number of allylic oxidation sites excluding steroid dienone is 5. The molecule has 0 spiro atoms. The lowest BCUT2D eigenvalue weighted by molar-refractivity contribution is 0.639. The van der Waals surface area contributed by atoms with E-state index in [4.69, 9.17) is 0 Å². The summed E-state index contributed by atoms with van der Waals surface area (Å²) >= 11 is 0. The summed E-state index contributed by atoms with van der Waals surface area (Å²) in [6.07, 6.45) is 8.17. The Morgan fingerprint density at radius 3 is 1.86 bits per heavy atom. The molecule has 0 aromatic heterocycles. The van der Waals surface area contributed by atoms with Crippen LogP contribution in [-0.4, -0.2) is 0 Å². The lowest BCUT2D eigenvalue weighted by Gasteiger charge is -2.27. The maximum atomic E-state index is 3.92. The van der Waals surface area contributed by atoms with Gasteiger partial charge in [-0.15, -0.1) is 0 Å². The Morgan fingerprint density at radius 1 is 1.00 bits per heavy atom. The molecule has 0 atom stereocenters. The van der Waals surface area contributed by atoms with Crippen LogP contribution in [0.2, 0.25) is 0 Å². The monoisotopic (exact) mass is 286 g/mol. The third-order valence-electron chi connectivity index (χ3n) is 3.18. The number of hydrogen-bond donors (Lipinski definition) is 0. The quantitative estimate of drug-likeness (QED) is 0.522. The number of rotatable bonds is 4. The molecule has 1 aromatic rings. The Kier molecular flexibility index (Phi) is 12.6. The van der Waals surface area contributed by atoms with Crippen molar-refractivity contribution in [1.82, 2.24) is 0 Å². The molecule has 0 aliphatic carbocycles. The fourth-order valence-electron chi connectivity index (χ4n) is 1.87. The predicted octanol–water partition coefficient (Wildman–Crippen LogP) is 7.01.